The molecule has 0 radical (unpaired) electrons. The average molecular weight is 115 g/mol. The Hall–Kier alpha value is -0.0800. The van der Waals surface area contributed by atoms with Gasteiger partial charge in [0.25, 0.3) is 0 Å². The Morgan fingerprint density at radius 2 is 1.12 bits per heavy atom. The van der Waals surface area contributed by atoms with Gasteiger partial charge in [-0.25, -0.2) is 0 Å². The number of nitrogens with zero attached hydrogens (tertiary/aromatic N) is 1. The Labute approximate surface area is 50.1 Å². The zero-order valence-corrected chi connectivity index (χ0v) is 5.89. The van der Waals surface area contributed by atoms with Crippen molar-refractivity contribution >= 4 is 0 Å². The van der Waals surface area contributed by atoms with Gasteiger partial charge in [-0.1, -0.05) is 0 Å². The molecule has 2 heteroatoms. The molecule has 1 aliphatic heterocycles. The lowest BCUT2D eigenvalue weighted by Crippen LogP contribution is -2.10. The van der Waals surface area contributed by atoms with Gasteiger partial charge >= 0.3 is 0 Å². The summed E-state index contributed by atoms with van der Waals surface area (Å²) in [6.07, 6.45) is 0. The maximum atomic E-state index is 9.06. The van der Waals surface area contributed by atoms with Crippen molar-refractivity contribution < 1.29 is 5.21 Å². The minimum atomic E-state index is -0.00694. The maximum Gasteiger partial charge on any atom is 0.0612 e. The summed E-state index contributed by atoms with van der Waals surface area (Å²) in [6, 6.07) is 0. The summed E-state index contributed by atoms with van der Waals surface area (Å²) < 4.78 is 0. The van der Waals surface area contributed by atoms with Crippen LogP contribution < -0.4 is 0 Å². The van der Waals surface area contributed by atoms with Crippen LogP contribution in [-0.2, 0) is 0 Å². The first-order valence-corrected chi connectivity index (χ1v) is 2.90. The molecule has 0 spiro atoms. The van der Waals surface area contributed by atoms with Gasteiger partial charge in [-0.2, -0.15) is 5.06 Å². The fraction of sp³-hybridized carbons (Fsp3) is 1.00. The predicted molar refractivity (Wildman–Crippen MR) is 31.8 cm³/mol. The molecular weight excluding hydrogens is 102 g/mol. The van der Waals surface area contributed by atoms with E-state index in [0.29, 0.717) is 0 Å². The lowest BCUT2D eigenvalue weighted by Gasteiger charge is -1.97. The van der Waals surface area contributed by atoms with Crippen LogP contribution in [0.25, 0.3) is 0 Å². The fourth-order valence-electron chi connectivity index (χ4n) is 0.893. The largest absolute Gasteiger partial charge is 0.313 e. The van der Waals surface area contributed by atoms with Crippen molar-refractivity contribution in [2.45, 2.75) is 38.8 Å². The van der Waals surface area contributed by atoms with Gasteiger partial charge in [-0.05, 0) is 27.7 Å². The van der Waals surface area contributed by atoms with Crippen LogP contribution in [0.4, 0.5) is 0 Å². The van der Waals surface area contributed by atoms with Gasteiger partial charge in [-0.15, -0.1) is 0 Å². The molecule has 1 rings (SSSR count). The highest BCUT2D eigenvalue weighted by Gasteiger charge is 2.63. The molecule has 1 heterocycles. The summed E-state index contributed by atoms with van der Waals surface area (Å²) in [5.41, 5.74) is -0.0139. The van der Waals surface area contributed by atoms with E-state index in [2.05, 4.69) is 0 Å². The third kappa shape index (κ3) is 0.400. The normalized spacial score (nSPS) is 32.6. The molecule has 0 bridgehead atoms. The zero-order valence-electron chi connectivity index (χ0n) is 5.89. The minimum absolute atomic E-state index is 0.00694. The van der Waals surface area contributed by atoms with Crippen molar-refractivity contribution in [2.75, 3.05) is 0 Å². The van der Waals surface area contributed by atoms with Crippen LogP contribution in [0.2, 0.25) is 0 Å². The second-order valence-electron chi connectivity index (χ2n) is 3.43. The van der Waals surface area contributed by atoms with Crippen LogP contribution in [-0.4, -0.2) is 21.3 Å². The number of hydrogen-bond acceptors (Lipinski definition) is 2. The topological polar surface area (TPSA) is 23.2 Å². The van der Waals surface area contributed by atoms with Crippen LogP contribution >= 0.6 is 0 Å². The molecule has 0 aliphatic carbocycles. The van der Waals surface area contributed by atoms with E-state index in [-0.39, 0.29) is 11.1 Å². The smallest absolute Gasteiger partial charge is 0.0612 e. The Kier molecular flexibility index (Phi) is 0.823. The SMILES string of the molecule is CC1(C)N(O)C1(C)C. The number of hydrogen-bond donors (Lipinski definition) is 1. The highest BCUT2D eigenvalue weighted by Crippen LogP contribution is 2.48. The van der Waals surface area contributed by atoms with Gasteiger partial charge in [0, 0.05) is 0 Å². The Morgan fingerprint density at radius 3 is 1.12 bits per heavy atom. The summed E-state index contributed by atoms with van der Waals surface area (Å²) in [6.45, 7) is 8.08. The number of hydroxylamine groups is 2. The molecule has 0 aromatic heterocycles. The van der Waals surface area contributed by atoms with Gasteiger partial charge in [0.1, 0.15) is 0 Å². The van der Waals surface area contributed by atoms with Gasteiger partial charge in [0.2, 0.25) is 0 Å². The quantitative estimate of drug-likeness (QED) is 0.480. The van der Waals surface area contributed by atoms with E-state index in [0.717, 1.165) is 0 Å². The average Bonchev–Trinajstić information content (AvgIpc) is 1.88. The van der Waals surface area contributed by atoms with Crippen LogP contribution in [0.5, 0.6) is 0 Å². The Balaban J connectivity index is 2.72. The lowest BCUT2D eigenvalue weighted by atomic mass is 10.0. The summed E-state index contributed by atoms with van der Waals surface area (Å²) >= 11 is 0. The fourth-order valence-corrected chi connectivity index (χ4v) is 0.893. The van der Waals surface area contributed by atoms with E-state index in [1.54, 1.807) is 0 Å². The first kappa shape index (κ1) is 6.05. The molecule has 2 nitrogen and oxygen atoms in total. The summed E-state index contributed by atoms with van der Waals surface area (Å²) in [4.78, 5) is 0. The monoisotopic (exact) mass is 115 g/mol. The molecule has 0 atom stereocenters. The van der Waals surface area contributed by atoms with E-state index >= 15 is 0 Å². The summed E-state index contributed by atoms with van der Waals surface area (Å²) in [5, 5.41) is 10.4. The highest BCUT2D eigenvalue weighted by molar-refractivity contribution is 5.14. The third-order valence-electron chi connectivity index (χ3n) is 2.51. The number of rotatable bonds is 0. The van der Waals surface area contributed by atoms with Gasteiger partial charge in [0.05, 0.1) is 11.1 Å². The van der Waals surface area contributed by atoms with E-state index in [1.165, 1.54) is 5.06 Å². The van der Waals surface area contributed by atoms with Gasteiger partial charge in [-0.3, -0.25) is 0 Å². The van der Waals surface area contributed by atoms with Crippen molar-refractivity contribution in [2.24, 2.45) is 0 Å². The Bertz CT molecular complexity index is 104. The zero-order chi connectivity index (χ0) is 6.58. The van der Waals surface area contributed by atoms with Crippen LogP contribution in [0.15, 0.2) is 0 Å². The third-order valence-corrected chi connectivity index (χ3v) is 2.51. The van der Waals surface area contributed by atoms with Crippen LogP contribution in [0, 0.1) is 0 Å². The van der Waals surface area contributed by atoms with E-state index < -0.39 is 0 Å². The maximum absolute atomic E-state index is 9.06. The van der Waals surface area contributed by atoms with Crippen molar-refractivity contribution in [3.8, 4) is 0 Å². The first-order chi connectivity index (χ1) is 3.40. The van der Waals surface area contributed by atoms with E-state index in [9.17, 15) is 0 Å². The van der Waals surface area contributed by atoms with Crippen molar-refractivity contribution in [3.05, 3.63) is 0 Å². The molecule has 48 valence electrons. The molecule has 1 aliphatic rings. The standard InChI is InChI=1S/C6H13NO/c1-5(2)6(3,4)7(5)8/h8H,1-4H3. The van der Waals surface area contributed by atoms with Crippen LogP contribution in [0.1, 0.15) is 27.7 Å². The van der Waals surface area contributed by atoms with Gasteiger partial charge in [0.15, 0.2) is 0 Å². The predicted octanol–water partition coefficient (Wildman–Crippen LogP) is 1.25. The molecule has 8 heavy (non-hydrogen) atoms. The highest BCUT2D eigenvalue weighted by atomic mass is 16.5. The first-order valence-electron chi connectivity index (χ1n) is 2.90. The molecule has 1 N–H and O–H groups in total. The second kappa shape index (κ2) is 1.09. The molecule has 0 unspecified atom stereocenters. The van der Waals surface area contributed by atoms with Crippen molar-refractivity contribution in [1.82, 2.24) is 5.06 Å². The Morgan fingerprint density at radius 1 is 1.00 bits per heavy atom. The van der Waals surface area contributed by atoms with E-state index in [4.69, 9.17) is 5.21 Å². The molecule has 0 amide bonds. The molecule has 1 fully saturated rings. The second-order valence-corrected chi connectivity index (χ2v) is 3.43. The van der Waals surface area contributed by atoms with Gasteiger partial charge < -0.3 is 5.21 Å². The molecule has 1 saturated heterocycles. The lowest BCUT2D eigenvalue weighted by molar-refractivity contribution is -0.0203. The minimum Gasteiger partial charge on any atom is -0.313 e. The molecule has 0 saturated carbocycles. The summed E-state index contributed by atoms with van der Waals surface area (Å²) in [5.74, 6) is 0. The summed E-state index contributed by atoms with van der Waals surface area (Å²) in [7, 11) is 0. The molecule has 0 aromatic carbocycles. The van der Waals surface area contributed by atoms with E-state index in [1.807, 2.05) is 27.7 Å². The molecular formula is C6H13NO. The van der Waals surface area contributed by atoms with Crippen molar-refractivity contribution in [1.29, 1.82) is 0 Å². The molecule has 0 aromatic rings. The van der Waals surface area contributed by atoms with Crippen molar-refractivity contribution in [3.63, 3.8) is 0 Å². The van der Waals surface area contributed by atoms with Crippen LogP contribution in [0.3, 0.4) is 0 Å².